The largest absolute Gasteiger partial charge is 0.490 e. The van der Waals surface area contributed by atoms with E-state index in [0.29, 0.717) is 6.61 Å². The molecule has 0 unspecified atom stereocenters. The second-order valence-electron chi connectivity index (χ2n) is 5.11. The molecule has 0 spiro atoms. The molecule has 1 rings (SSSR count). The van der Waals surface area contributed by atoms with Crippen molar-refractivity contribution in [3.05, 3.63) is 29.6 Å². The van der Waals surface area contributed by atoms with Crippen molar-refractivity contribution in [1.82, 2.24) is 0 Å². The first-order valence-electron chi connectivity index (χ1n) is 5.45. The highest BCUT2D eigenvalue weighted by Gasteiger charge is 2.12. The number of hydrogen-bond donors (Lipinski definition) is 1. The molecule has 0 aliphatic heterocycles. The molecule has 3 nitrogen and oxygen atoms in total. The lowest BCUT2D eigenvalue weighted by Gasteiger charge is -2.18. The standard InChI is InChI=1S/C13H17FO3/c1-13(2,3)6-7-17-11-5-4-9(12(15)16)8-10(11)14/h4-5,8H,6-7H2,1-3H3,(H,15,16). The normalized spacial score (nSPS) is 11.3. The van der Waals surface area contributed by atoms with Gasteiger partial charge in [0.1, 0.15) is 0 Å². The van der Waals surface area contributed by atoms with Crippen LogP contribution in [0.5, 0.6) is 5.75 Å². The third-order valence-electron chi connectivity index (χ3n) is 2.29. The number of ether oxygens (including phenoxy) is 1. The van der Waals surface area contributed by atoms with Gasteiger partial charge in [-0.1, -0.05) is 20.8 Å². The predicted molar refractivity (Wildman–Crippen MR) is 62.9 cm³/mol. The van der Waals surface area contributed by atoms with Gasteiger partial charge in [0.05, 0.1) is 12.2 Å². The Morgan fingerprint density at radius 3 is 2.53 bits per heavy atom. The van der Waals surface area contributed by atoms with Crippen LogP contribution < -0.4 is 4.74 Å². The Labute approximate surface area is 100 Å². The van der Waals surface area contributed by atoms with E-state index in [1.165, 1.54) is 12.1 Å². The molecule has 1 N–H and O–H groups in total. The fraction of sp³-hybridized carbons (Fsp3) is 0.462. The highest BCUT2D eigenvalue weighted by atomic mass is 19.1. The van der Waals surface area contributed by atoms with E-state index in [9.17, 15) is 9.18 Å². The first-order valence-corrected chi connectivity index (χ1v) is 5.45. The van der Waals surface area contributed by atoms with Crippen LogP contribution in [0, 0.1) is 11.2 Å². The van der Waals surface area contributed by atoms with E-state index in [4.69, 9.17) is 9.84 Å². The van der Waals surface area contributed by atoms with Crippen molar-refractivity contribution in [2.75, 3.05) is 6.61 Å². The van der Waals surface area contributed by atoms with Crippen LogP contribution in [0.2, 0.25) is 0 Å². The van der Waals surface area contributed by atoms with Crippen LogP contribution in [0.15, 0.2) is 18.2 Å². The molecule has 0 fully saturated rings. The molecule has 4 heteroatoms. The minimum atomic E-state index is -1.15. The molecule has 1 aromatic rings. The Balaban J connectivity index is 2.64. The molecule has 0 heterocycles. The Bertz CT molecular complexity index is 408. The molecule has 17 heavy (non-hydrogen) atoms. The molecular weight excluding hydrogens is 223 g/mol. The van der Waals surface area contributed by atoms with Gasteiger partial charge >= 0.3 is 5.97 Å². The summed E-state index contributed by atoms with van der Waals surface area (Å²) in [5.74, 6) is -1.69. The number of benzene rings is 1. The number of carbonyl (C=O) groups is 1. The van der Waals surface area contributed by atoms with E-state index in [0.717, 1.165) is 12.5 Å². The Morgan fingerprint density at radius 2 is 2.06 bits per heavy atom. The lowest BCUT2D eigenvalue weighted by atomic mass is 9.93. The SMILES string of the molecule is CC(C)(C)CCOc1ccc(C(=O)O)cc1F. The van der Waals surface area contributed by atoms with Gasteiger partial charge in [0.25, 0.3) is 0 Å². The molecule has 0 atom stereocenters. The Hall–Kier alpha value is -1.58. The quantitative estimate of drug-likeness (QED) is 0.878. The summed E-state index contributed by atoms with van der Waals surface area (Å²) in [6.07, 6.45) is 0.799. The third-order valence-corrected chi connectivity index (χ3v) is 2.29. The van der Waals surface area contributed by atoms with Crippen molar-refractivity contribution in [3.63, 3.8) is 0 Å². The number of hydrogen-bond acceptors (Lipinski definition) is 2. The summed E-state index contributed by atoms with van der Waals surface area (Å²) in [5.41, 5.74) is 0.0444. The molecule has 0 radical (unpaired) electrons. The van der Waals surface area contributed by atoms with Gasteiger partial charge in [-0.25, -0.2) is 9.18 Å². The van der Waals surface area contributed by atoms with Gasteiger partial charge in [0.15, 0.2) is 11.6 Å². The summed E-state index contributed by atoms with van der Waals surface area (Å²) in [7, 11) is 0. The maximum atomic E-state index is 13.4. The monoisotopic (exact) mass is 240 g/mol. The van der Waals surface area contributed by atoms with Gasteiger partial charge in [-0.3, -0.25) is 0 Å². The van der Waals surface area contributed by atoms with Crippen LogP contribution >= 0.6 is 0 Å². The molecule has 0 aliphatic carbocycles. The van der Waals surface area contributed by atoms with Gasteiger partial charge in [-0.15, -0.1) is 0 Å². The zero-order chi connectivity index (χ0) is 13.1. The van der Waals surface area contributed by atoms with Crippen LogP contribution in [0.1, 0.15) is 37.6 Å². The highest BCUT2D eigenvalue weighted by Crippen LogP contribution is 2.22. The topological polar surface area (TPSA) is 46.5 Å². The van der Waals surface area contributed by atoms with Crippen molar-refractivity contribution in [2.24, 2.45) is 5.41 Å². The van der Waals surface area contributed by atoms with Crippen LogP contribution in [0.25, 0.3) is 0 Å². The lowest BCUT2D eigenvalue weighted by Crippen LogP contribution is -2.11. The number of aromatic carboxylic acids is 1. The fourth-order valence-corrected chi connectivity index (χ4v) is 1.22. The van der Waals surface area contributed by atoms with Crippen molar-refractivity contribution < 1.29 is 19.0 Å². The lowest BCUT2D eigenvalue weighted by molar-refractivity contribution is 0.0696. The van der Waals surface area contributed by atoms with Crippen molar-refractivity contribution in [2.45, 2.75) is 27.2 Å². The van der Waals surface area contributed by atoms with Crippen molar-refractivity contribution in [3.8, 4) is 5.75 Å². The van der Waals surface area contributed by atoms with E-state index in [-0.39, 0.29) is 16.7 Å². The smallest absolute Gasteiger partial charge is 0.335 e. The van der Waals surface area contributed by atoms with Crippen LogP contribution in [-0.2, 0) is 0 Å². The van der Waals surface area contributed by atoms with Gasteiger partial charge in [0, 0.05) is 0 Å². The average molecular weight is 240 g/mol. The Kier molecular flexibility index (Phi) is 4.10. The molecule has 0 aliphatic rings. The second kappa shape index (κ2) is 5.17. The van der Waals surface area contributed by atoms with E-state index in [2.05, 4.69) is 20.8 Å². The molecule has 0 aromatic heterocycles. The highest BCUT2D eigenvalue weighted by molar-refractivity contribution is 5.87. The maximum Gasteiger partial charge on any atom is 0.335 e. The van der Waals surface area contributed by atoms with Crippen molar-refractivity contribution in [1.29, 1.82) is 0 Å². The molecule has 0 amide bonds. The van der Waals surface area contributed by atoms with Crippen LogP contribution in [0.3, 0.4) is 0 Å². The zero-order valence-corrected chi connectivity index (χ0v) is 10.3. The van der Waals surface area contributed by atoms with E-state index in [1.807, 2.05) is 0 Å². The fourth-order valence-electron chi connectivity index (χ4n) is 1.22. The summed E-state index contributed by atoms with van der Waals surface area (Å²) in [5, 5.41) is 8.68. The average Bonchev–Trinajstić information content (AvgIpc) is 2.18. The van der Waals surface area contributed by atoms with Gasteiger partial charge < -0.3 is 9.84 Å². The number of carboxylic acid groups (broad SMARTS) is 1. The molecule has 94 valence electrons. The number of carboxylic acids is 1. The van der Waals surface area contributed by atoms with Crippen LogP contribution in [0.4, 0.5) is 4.39 Å². The summed E-state index contributed by atoms with van der Waals surface area (Å²) in [4.78, 5) is 10.6. The minimum Gasteiger partial charge on any atom is -0.490 e. The van der Waals surface area contributed by atoms with Crippen molar-refractivity contribution >= 4 is 5.97 Å². The van der Waals surface area contributed by atoms with E-state index < -0.39 is 11.8 Å². The van der Waals surface area contributed by atoms with Gasteiger partial charge in [-0.2, -0.15) is 0 Å². The first kappa shape index (κ1) is 13.5. The molecular formula is C13H17FO3. The first-order chi connectivity index (χ1) is 7.79. The van der Waals surface area contributed by atoms with Gasteiger partial charge in [0.2, 0.25) is 0 Å². The van der Waals surface area contributed by atoms with Crippen LogP contribution in [-0.4, -0.2) is 17.7 Å². The minimum absolute atomic E-state index is 0.0781. The second-order valence-corrected chi connectivity index (χ2v) is 5.11. The third kappa shape index (κ3) is 4.43. The molecule has 0 saturated heterocycles. The predicted octanol–water partition coefficient (Wildman–Crippen LogP) is 3.34. The Morgan fingerprint density at radius 1 is 1.41 bits per heavy atom. The zero-order valence-electron chi connectivity index (χ0n) is 10.3. The number of halogens is 1. The summed E-state index contributed by atoms with van der Waals surface area (Å²) in [6, 6.07) is 3.65. The van der Waals surface area contributed by atoms with E-state index in [1.54, 1.807) is 0 Å². The van der Waals surface area contributed by atoms with Gasteiger partial charge in [-0.05, 0) is 30.0 Å². The summed E-state index contributed by atoms with van der Waals surface area (Å²) < 4.78 is 18.7. The summed E-state index contributed by atoms with van der Waals surface area (Å²) >= 11 is 0. The molecule has 0 bridgehead atoms. The van der Waals surface area contributed by atoms with E-state index >= 15 is 0 Å². The molecule has 0 saturated carbocycles. The molecule has 1 aromatic carbocycles. The maximum absolute atomic E-state index is 13.4. The summed E-state index contributed by atoms with van der Waals surface area (Å²) in [6.45, 7) is 6.62. The number of rotatable bonds is 4.